The lowest BCUT2D eigenvalue weighted by molar-refractivity contribution is -0.0498. The van der Waals surface area contributed by atoms with Gasteiger partial charge >= 0.3 is 6.61 Å². The first kappa shape index (κ1) is 17.9. The number of nitrogens with zero attached hydrogens (tertiary/aromatic N) is 3. The van der Waals surface area contributed by atoms with Crippen LogP contribution in [0.5, 0.6) is 5.75 Å². The van der Waals surface area contributed by atoms with Crippen LogP contribution in [0, 0.1) is 18.6 Å². The summed E-state index contributed by atoms with van der Waals surface area (Å²) in [6, 6.07) is 12.2. The molecule has 1 N–H and O–H groups in total. The number of hydrogen-bond donors (Lipinski definition) is 1. The normalized spacial score (nSPS) is 11.4. The molecule has 0 saturated carbocycles. The Hall–Kier alpha value is -2.87. The van der Waals surface area contributed by atoms with Crippen LogP contribution in [0.4, 0.5) is 8.78 Å². The number of alkyl halides is 2. The fraction of sp³-hybridized carbons (Fsp3) is 0.167. The highest BCUT2D eigenvalue weighted by Gasteiger charge is 2.10. The zero-order valence-electron chi connectivity index (χ0n) is 14.1. The lowest BCUT2D eigenvalue weighted by atomic mass is 10.1. The van der Waals surface area contributed by atoms with Gasteiger partial charge in [0.05, 0.1) is 6.21 Å². The summed E-state index contributed by atoms with van der Waals surface area (Å²) < 4.78 is 30.7. The highest BCUT2D eigenvalue weighted by molar-refractivity contribution is 7.71. The number of halogens is 2. The van der Waals surface area contributed by atoms with Crippen molar-refractivity contribution in [2.75, 3.05) is 0 Å². The molecular formula is C18H16F2N4OS. The van der Waals surface area contributed by atoms with Gasteiger partial charge in [-0.25, -0.2) is 5.10 Å². The van der Waals surface area contributed by atoms with E-state index in [-0.39, 0.29) is 5.75 Å². The number of benzene rings is 2. The summed E-state index contributed by atoms with van der Waals surface area (Å²) in [5, 5.41) is 11.3. The van der Waals surface area contributed by atoms with E-state index < -0.39 is 6.61 Å². The Balaban J connectivity index is 1.93. The first-order valence-electron chi connectivity index (χ1n) is 7.78. The van der Waals surface area contributed by atoms with Crippen LogP contribution in [0.15, 0.2) is 47.6 Å². The summed E-state index contributed by atoms with van der Waals surface area (Å²) in [5.74, 6) is 0.545. The monoisotopic (exact) mass is 374 g/mol. The van der Waals surface area contributed by atoms with E-state index in [9.17, 15) is 8.78 Å². The van der Waals surface area contributed by atoms with Crippen LogP contribution in [0.25, 0.3) is 11.4 Å². The number of ether oxygens (including phenoxy) is 1. The van der Waals surface area contributed by atoms with Gasteiger partial charge in [-0.3, -0.25) is 0 Å². The Morgan fingerprint density at radius 3 is 2.62 bits per heavy atom. The minimum Gasteiger partial charge on any atom is -0.435 e. The molecule has 134 valence electrons. The average Bonchev–Trinajstić information content (AvgIpc) is 2.96. The van der Waals surface area contributed by atoms with Crippen molar-refractivity contribution < 1.29 is 13.5 Å². The third-order valence-corrected chi connectivity index (χ3v) is 4.00. The van der Waals surface area contributed by atoms with Crippen LogP contribution < -0.4 is 4.74 Å². The minimum absolute atomic E-state index is 0.0725. The van der Waals surface area contributed by atoms with Crippen LogP contribution in [0.2, 0.25) is 0 Å². The van der Waals surface area contributed by atoms with Gasteiger partial charge in [-0.05, 0) is 61.5 Å². The zero-order valence-corrected chi connectivity index (χ0v) is 14.9. The van der Waals surface area contributed by atoms with E-state index >= 15 is 0 Å². The van der Waals surface area contributed by atoms with Crippen molar-refractivity contribution in [2.45, 2.75) is 20.5 Å². The summed E-state index contributed by atoms with van der Waals surface area (Å²) >= 11 is 5.24. The van der Waals surface area contributed by atoms with Crippen molar-refractivity contribution in [1.82, 2.24) is 14.9 Å². The maximum absolute atomic E-state index is 12.3. The largest absolute Gasteiger partial charge is 0.435 e. The predicted octanol–water partition coefficient (Wildman–Crippen LogP) is 4.71. The number of hydrogen-bond acceptors (Lipinski definition) is 4. The maximum Gasteiger partial charge on any atom is 0.387 e. The molecule has 0 atom stereocenters. The Morgan fingerprint density at radius 1 is 1.19 bits per heavy atom. The summed E-state index contributed by atoms with van der Waals surface area (Å²) in [6.07, 6.45) is 1.71. The third kappa shape index (κ3) is 4.02. The van der Waals surface area contributed by atoms with Crippen LogP contribution in [0.1, 0.15) is 16.7 Å². The number of aromatic nitrogens is 3. The molecule has 2 aromatic carbocycles. The molecule has 0 aliphatic heterocycles. The van der Waals surface area contributed by atoms with Crippen LogP contribution in [0.3, 0.4) is 0 Å². The molecule has 0 saturated heterocycles. The number of rotatable bonds is 5. The topological polar surface area (TPSA) is 55.2 Å². The Kier molecular flexibility index (Phi) is 5.22. The van der Waals surface area contributed by atoms with Gasteiger partial charge in [-0.1, -0.05) is 23.8 Å². The van der Waals surface area contributed by atoms with Crippen molar-refractivity contribution in [3.05, 3.63) is 63.9 Å². The standard InChI is InChI=1S/C18H16F2N4OS/c1-11-3-4-12(2)14(9-11)10-21-24-16(22-23-18(24)26)13-5-7-15(8-6-13)25-17(19)20/h3-10,17H,1-2H3,(H,23,26). The maximum atomic E-state index is 12.3. The van der Waals surface area contributed by atoms with Gasteiger partial charge in [-0.15, -0.1) is 0 Å². The van der Waals surface area contributed by atoms with E-state index in [1.165, 1.54) is 16.8 Å². The van der Waals surface area contributed by atoms with Crippen LogP contribution in [-0.2, 0) is 0 Å². The minimum atomic E-state index is -2.86. The molecule has 5 nitrogen and oxygen atoms in total. The molecule has 0 aliphatic carbocycles. The first-order valence-corrected chi connectivity index (χ1v) is 8.19. The van der Waals surface area contributed by atoms with Crippen molar-refractivity contribution >= 4 is 18.4 Å². The average molecular weight is 374 g/mol. The molecule has 0 bridgehead atoms. The molecule has 0 aliphatic rings. The van der Waals surface area contributed by atoms with Crippen LogP contribution in [-0.4, -0.2) is 27.7 Å². The van der Waals surface area contributed by atoms with Gasteiger partial charge in [0.25, 0.3) is 0 Å². The van der Waals surface area contributed by atoms with Gasteiger partial charge < -0.3 is 4.74 Å². The summed E-state index contributed by atoms with van der Waals surface area (Å²) in [5.41, 5.74) is 3.85. The zero-order chi connectivity index (χ0) is 18.7. The number of aryl methyl sites for hydroxylation is 2. The summed E-state index contributed by atoms with van der Waals surface area (Å²) in [4.78, 5) is 0. The second kappa shape index (κ2) is 7.57. The molecule has 0 radical (unpaired) electrons. The highest BCUT2D eigenvalue weighted by Crippen LogP contribution is 2.22. The molecule has 26 heavy (non-hydrogen) atoms. The Bertz CT molecular complexity index is 993. The number of aromatic amines is 1. The third-order valence-electron chi connectivity index (χ3n) is 3.74. The predicted molar refractivity (Wildman–Crippen MR) is 98.4 cm³/mol. The van der Waals surface area contributed by atoms with E-state index in [2.05, 4.69) is 20.0 Å². The van der Waals surface area contributed by atoms with Gasteiger partial charge in [0.2, 0.25) is 4.77 Å². The molecule has 1 aromatic heterocycles. The molecule has 1 heterocycles. The second-order valence-electron chi connectivity index (χ2n) is 5.67. The summed E-state index contributed by atoms with van der Waals surface area (Å²) in [7, 11) is 0. The van der Waals surface area contributed by atoms with Crippen molar-refractivity contribution in [3.8, 4) is 17.1 Å². The van der Waals surface area contributed by atoms with Crippen molar-refractivity contribution in [2.24, 2.45) is 5.10 Å². The number of nitrogens with one attached hydrogen (secondary N) is 1. The van der Waals surface area contributed by atoms with Gasteiger partial charge in [-0.2, -0.15) is 23.7 Å². The lowest BCUT2D eigenvalue weighted by Crippen LogP contribution is -2.01. The first-order chi connectivity index (χ1) is 12.4. The molecule has 3 rings (SSSR count). The molecule has 0 amide bonds. The van der Waals surface area contributed by atoms with Crippen molar-refractivity contribution in [1.29, 1.82) is 0 Å². The molecule has 0 unspecified atom stereocenters. The fourth-order valence-corrected chi connectivity index (χ4v) is 2.57. The highest BCUT2D eigenvalue weighted by atomic mass is 32.1. The van der Waals surface area contributed by atoms with Crippen LogP contribution >= 0.6 is 12.2 Å². The molecule has 3 aromatic rings. The van der Waals surface area contributed by atoms with Gasteiger partial charge in [0.15, 0.2) is 5.82 Å². The van der Waals surface area contributed by atoms with Gasteiger partial charge in [0.1, 0.15) is 5.75 Å². The van der Waals surface area contributed by atoms with E-state index in [4.69, 9.17) is 12.2 Å². The summed E-state index contributed by atoms with van der Waals surface area (Å²) in [6.45, 7) is 1.14. The molecule has 0 fully saturated rings. The second-order valence-corrected chi connectivity index (χ2v) is 6.06. The van der Waals surface area contributed by atoms with Crippen molar-refractivity contribution in [3.63, 3.8) is 0 Å². The SMILES string of the molecule is Cc1ccc(C)c(C=Nn2c(-c3ccc(OC(F)F)cc3)n[nH]c2=S)c1. The molecule has 8 heteroatoms. The lowest BCUT2D eigenvalue weighted by Gasteiger charge is -2.06. The smallest absolute Gasteiger partial charge is 0.387 e. The van der Waals surface area contributed by atoms with E-state index in [1.807, 2.05) is 32.0 Å². The quantitative estimate of drug-likeness (QED) is 0.520. The number of H-pyrrole nitrogens is 1. The fourth-order valence-electron chi connectivity index (χ4n) is 2.39. The Labute approximate surface area is 154 Å². The molecule has 0 spiro atoms. The van der Waals surface area contributed by atoms with E-state index in [0.717, 1.165) is 16.7 Å². The van der Waals surface area contributed by atoms with E-state index in [0.29, 0.717) is 16.2 Å². The van der Waals surface area contributed by atoms with E-state index in [1.54, 1.807) is 18.3 Å². The van der Waals surface area contributed by atoms with Gasteiger partial charge in [0, 0.05) is 5.56 Å². The molecular weight excluding hydrogens is 358 g/mol. The Morgan fingerprint density at radius 2 is 1.92 bits per heavy atom.